The fourth-order valence-electron chi connectivity index (χ4n) is 4.38. The zero-order valence-corrected chi connectivity index (χ0v) is 19.1. The Hall–Kier alpha value is -1.99. The maximum atomic E-state index is 11.7. The summed E-state index contributed by atoms with van der Waals surface area (Å²) < 4.78 is 5.99. The monoisotopic (exact) mass is 447 g/mol. The summed E-state index contributed by atoms with van der Waals surface area (Å²) in [5, 5.41) is 24.8. The average molecular weight is 448 g/mol. The summed E-state index contributed by atoms with van der Waals surface area (Å²) in [6, 6.07) is 5.58. The maximum Gasteiger partial charge on any atom is 0.321 e. The third-order valence-corrected chi connectivity index (χ3v) is 7.40. The quantitative estimate of drug-likeness (QED) is 0.464. The molecule has 0 radical (unpaired) electrons. The van der Waals surface area contributed by atoms with Crippen LogP contribution in [0.4, 0.5) is 0 Å². The van der Waals surface area contributed by atoms with E-state index in [2.05, 4.69) is 10.7 Å². The molecule has 1 heterocycles. The number of nitrogens with one attached hydrogen (secondary N) is 1. The summed E-state index contributed by atoms with van der Waals surface area (Å²) in [7, 11) is 0. The Labute approximate surface area is 188 Å². The van der Waals surface area contributed by atoms with Crippen LogP contribution in [0, 0.1) is 11.8 Å². The zero-order valence-electron chi connectivity index (χ0n) is 18.3. The van der Waals surface area contributed by atoms with Gasteiger partial charge in [0.25, 0.3) is 0 Å². The van der Waals surface area contributed by atoms with Crippen LogP contribution in [0.25, 0.3) is 0 Å². The predicted octanol–water partition coefficient (Wildman–Crippen LogP) is 4.34. The van der Waals surface area contributed by atoms with Gasteiger partial charge in [-0.25, -0.2) is 0 Å². The van der Waals surface area contributed by atoms with Gasteiger partial charge in [0, 0.05) is 5.25 Å². The van der Waals surface area contributed by atoms with Gasteiger partial charge in [-0.15, -0.1) is 11.8 Å². The van der Waals surface area contributed by atoms with E-state index in [4.69, 9.17) is 4.74 Å². The first-order valence-corrected chi connectivity index (χ1v) is 12.1. The average Bonchev–Trinajstić information content (AvgIpc) is 3.14. The predicted molar refractivity (Wildman–Crippen MR) is 122 cm³/mol. The number of carboxylic acids is 2. The molecule has 1 saturated carbocycles. The van der Waals surface area contributed by atoms with Crippen LogP contribution < -0.4 is 10.1 Å². The molecular formula is C24H33NO5S. The molecule has 3 unspecified atom stereocenters. The lowest BCUT2D eigenvalue weighted by molar-refractivity contribution is -0.142. The molecule has 0 spiro atoms. The first kappa shape index (κ1) is 23.7. The van der Waals surface area contributed by atoms with Crippen LogP contribution in [0.5, 0.6) is 5.75 Å². The van der Waals surface area contributed by atoms with Crippen molar-refractivity contribution in [2.24, 2.45) is 11.8 Å². The number of carboxylic acid groups (broad SMARTS) is 2. The van der Waals surface area contributed by atoms with Crippen molar-refractivity contribution in [3.63, 3.8) is 0 Å². The molecule has 1 aromatic rings. The number of hydrogen-bond donors (Lipinski definition) is 3. The summed E-state index contributed by atoms with van der Waals surface area (Å²) in [6.45, 7) is 4.43. The van der Waals surface area contributed by atoms with Crippen molar-refractivity contribution >= 4 is 23.7 Å². The van der Waals surface area contributed by atoms with Crippen LogP contribution in [0.2, 0.25) is 0 Å². The highest BCUT2D eigenvalue weighted by atomic mass is 32.2. The summed E-state index contributed by atoms with van der Waals surface area (Å²) in [5.74, 6) is -0.520. The first-order valence-electron chi connectivity index (χ1n) is 11.1. The Kier molecular flexibility index (Phi) is 8.43. The van der Waals surface area contributed by atoms with Crippen LogP contribution in [-0.2, 0) is 16.0 Å². The number of benzene rings is 1. The van der Waals surface area contributed by atoms with Gasteiger partial charge in [-0.3, -0.25) is 14.9 Å². The molecule has 3 rings (SSSR count). The third kappa shape index (κ3) is 6.74. The largest absolute Gasteiger partial charge is 0.489 e. The molecule has 2 aliphatic rings. The van der Waals surface area contributed by atoms with Crippen molar-refractivity contribution in [3.05, 3.63) is 40.8 Å². The van der Waals surface area contributed by atoms with Crippen molar-refractivity contribution in [3.8, 4) is 5.75 Å². The summed E-state index contributed by atoms with van der Waals surface area (Å²) in [5.41, 5.74) is 2.21. The van der Waals surface area contributed by atoms with Gasteiger partial charge in [-0.1, -0.05) is 38.8 Å². The number of thioether (sulfide) groups is 1. The Balaban J connectivity index is 1.54. The van der Waals surface area contributed by atoms with Crippen LogP contribution in [0.1, 0.15) is 51.5 Å². The normalized spacial score (nSPS) is 22.5. The number of aliphatic carboxylic acids is 2. The van der Waals surface area contributed by atoms with Gasteiger partial charge in [-0.2, -0.15) is 0 Å². The van der Waals surface area contributed by atoms with E-state index < -0.39 is 24.0 Å². The van der Waals surface area contributed by atoms with Gasteiger partial charge in [0.2, 0.25) is 0 Å². The summed E-state index contributed by atoms with van der Waals surface area (Å²) in [4.78, 5) is 23.2. The SMILES string of the molecule is CC(C)C[C@H](NC(Cc1ccc(OCC2=CSC3CCCCC23)cc1)C(=O)O)C(=O)O. The van der Waals surface area contributed by atoms with E-state index >= 15 is 0 Å². The Morgan fingerprint density at radius 3 is 2.42 bits per heavy atom. The van der Waals surface area contributed by atoms with Gasteiger partial charge in [0.1, 0.15) is 24.4 Å². The number of hydrogen-bond acceptors (Lipinski definition) is 5. The number of ether oxygens (including phenoxy) is 1. The van der Waals surface area contributed by atoms with E-state index in [9.17, 15) is 19.8 Å². The smallest absolute Gasteiger partial charge is 0.321 e. The molecule has 7 heteroatoms. The van der Waals surface area contributed by atoms with E-state index in [1.807, 2.05) is 49.9 Å². The van der Waals surface area contributed by atoms with Gasteiger partial charge in [0.05, 0.1) is 0 Å². The molecule has 3 N–H and O–H groups in total. The topological polar surface area (TPSA) is 95.9 Å². The van der Waals surface area contributed by atoms with Crippen molar-refractivity contribution in [2.75, 3.05) is 6.61 Å². The minimum atomic E-state index is -1.05. The van der Waals surface area contributed by atoms with Crippen molar-refractivity contribution in [1.29, 1.82) is 0 Å². The Morgan fingerprint density at radius 1 is 1.10 bits per heavy atom. The molecule has 6 nitrogen and oxygen atoms in total. The second-order valence-electron chi connectivity index (χ2n) is 8.97. The van der Waals surface area contributed by atoms with Gasteiger partial charge < -0.3 is 14.9 Å². The van der Waals surface area contributed by atoms with Crippen LogP contribution in [-0.4, -0.2) is 46.1 Å². The number of rotatable bonds is 11. The minimum absolute atomic E-state index is 0.150. The van der Waals surface area contributed by atoms with Crippen LogP contribution in [0.3, 0.4) is 0 Å². The minimum Gasteiger partial charge on any atom is -0.489 e. The molecule has 1 aromatic carbocycles. The molecule has 0 aromatic heterocycles. The fraction of sp³-hybridized carbons (Fsp3) is 0.583. The molecule has 1 aliphatic heterocycles. The van der Waals surface area contributed by atoms with Gasteiger partial charge in [0.15, 0.2) is 0 Å². The van der Waals surface area contributed by atoms with Crippen LogP contribution >= 0.6 is 11.8 Å². The highest BCUT2D eigenvalue weighted by Gasteiger charge is 2.32. The van der Waals surface area contributed by atoms with E-state index in [1.54, 1.807) is 0 Å². The second-order valence-corrected chi connectivity index (χ2v) is 10.1. The highest BCUT2D eigenvalue weighted by molar-refractivity contribution is 8.03. The molecule has 4 atom stereocenters. The third-order valence-electron chi connectivity index (χ3n) is 6.05. The number of fused-ring (bicyclic) bond motifs is 1. The molecule has 0 bridgehead atoms. The second kappa shape index (κ2) is 11.0. The molecular weight excluding hydrogens is 414 g/mol. The van der Waals surface area contributed by atoms with Gasteiger partial charge >= 0.3 is 11.9 Å². The molecule has 0 amide bonds. The lowest BCUT2D eigenvalue weighted by atomic mass is 9.84. The maximum absolute atomic E-state index is 11.7. The van der Waals surface area contributed by atoms with E-state index in [0.717, 1.165) is 16.6 Å². The summed E-state index contributed by atoms with van der Waals surface area (Å²) >= 11 is 1.95. The fourth-order valence-corrected chi connectivity index (χ4v) is 5.78. The van der Waals surface area contributed by atoms with Crippen molar-refractivity contribution in [2.45, 2.75) is 69.7 Å². The zero-order chi connectivity index (χ0) is 22.4. The van der Waals surface area contributed by atoms with Crippen molar-refractivity contribution < 1.29 is 24.5 Å². The van der Waals surface area contributed by atoms with E-state index in [1.165, 1.54) is 31.3 Å². The molecule has 1 fully saturated rings. The number of carbonyl (C=O) groups is 2. The Morgan fingerprint density at radius 2 is 1.77 bits per heavy atom. The highest BCUT2D eigenvalue weighted by Crippen LogP contribution is 2.44. The molecule has 170 valence electrons. The lowest BCUT2D eigenvalue weighted by Crippen LogP contribution is -2.48. The lowest BCUT2D eigenvalue weighted by Gasteiger charge is -2.26. The molecule has 0 saturated heterocycles. The van der Waals surface area contributed by atoms with Gasteiger partial charge in [-0.05, 0) is 66.2 Å². The standard InChI is InChI=1S/C24H33NO5S/c1-15(2)11-20(23(26)27)25-21(24(28)29)12-16-7-9-18(10-8-16)30-13-17-14-31-22-6-4-3-5-19(17)22/h7-10,14-15,19-22,25H,3-6,11-13H2,1-2H3,(H,26,27)(H,28,29)/t19?,20-,21?,22?/m0/s1. The van der Waals surface area contributed by atoms with Crippen LogP contribution in [0.15, 0.2) is 35.2 Å². The molecule has 1 aliphatic carbocycles. The van der Waals surface area contributed by atoms with Crippen molar-refractivity contribution in [1.82, 2.24) is 5.32 Å². The Bertz CT molecular complexity index is 792. The summed E-state index contributed by atoms with van der Waals surface area (Å²) in [6.07, 6.45) is 5.76. The van der Waals surface area contributed by atoms with E-state index in [-0.39, 0.29) is 12.3 Å². The first-order chi connectivity index (χ1) is 14.8. The molecule has 31 heavy (non-hydrogen) atoms. The van der Waals surface area contributed by atoms with E-state index in [0.29, 0.717) is 18.9 Å².